The molecular formula is C8H14FN3Si. The summed E-state index contributed by atoms with van der Waals surface area (Å²) in [6.07, 6.45) is 1.57. The zero-order chi connectivity index (χ0) is 10.1. The number of hydrogen-bond donors (Lipinski definition) is 2. The van der Waals surface area contributed by atoms with Crippen LogP contribution in [0.3, 0.4) is 0 Å². The molecule has 0 spiro atoms. The van der Waals surface area contributed by atoms with Gasteiger partial charge in [0.05, 0.1) is 8.07 Å². The Morgan fingerprint density at radius 3 is 2.46 bits per heavy atom. The van der Waals surface area contributed by atoms with Gasteiger partial charge in [-0.15, -0.1) is 0 Å². The van der Waals surface area contributed by atoms with Gasteiger partial charge in [0.1, 0.15) is 11.6 Å². The second-order valence-corrected chi connectivity index (χ2v) is 8.98. The van der Waals surface area contributed by atoms with E-state index in [1.807, 2.05) is 0 Å². The van der Waals surface area contributed by atoms with E-state index in [2.05, 4.69) is 30.1 Å². The second-order valence-electron chi connectivity index (χ2n) is 3.94. The maximum atomic E-state index is 13.4. The van der Waals surface area contributed by atoms with Crippen LogP contribution in [0.2, 0.25) is 19.6 Å². The number of rotatable bonds is 2. The van der Waals surface area contributed by atoms with Crippen molar-refractivity contribution in [1.82, 2.24) is 4.98 Å². The van der Waals surface area contributed by atoms with E-state index in [1.54, 1.807) is 6.20 Å². The lowest BCUT2D eigenvalue weighted by Gasteiger charge is -2.16. The molecule has 1 rings (SSSR count). The van der Waals surface area contributed by atoms with Gasteiger partial charge in [-0.2, -0.15) is 0 Å². The van der Waals surface area contributed by atoms with Crippen LogP contribution in [0.1, 0.15) is 0 Å². The van der Waals surface area contributed by atoms with E-state index >= 15 is 0 Å². The summed E-state index contributed by atoms with van der Waals surface area (Å²) in [6.45, 7) is 6.22. The fourth-order valence-corrected chi connectivity index (χ4v) is 2.30. The maximum absolute atomic E-state index is 13.4. The van der Waals surface area contributed by atoms with Crippen molar-refractivity contribution in [2.24, 2.45) is 5.84 Å². The Labute approximate surface area is 78.2 Å². The van der Waals surface area contributed by atoms with Gasteiger partial charge in [0.25, 0.3) is 0 Å². The van der Waals surface area contributed by atoms with Gasteiger partial charge in [-0.25, -0.2) is 15.2 Å². The molecule has 0 atom stereocenters. The van der Waals surface area contributed by atoms with Crippen LogP contribution in [0.25, 0.3) is 0 Å². The molecule has 0 amide bonds. The summed E-state index contributed by atoms with van der Waals surface area (Å²) in [7, 11) is -1.62. The first-order valence-electron chi connectivity index (χ1n) is 4.08. The number of anilines is 1. The predicted molar refractivity (Wildman–Crippen MR) is 55.0 cm³/mol. The third kappa shape index (κ3) is 2.25. The number of aromatic nitrogens is 1. The minimum absolute atomic E-state index is 0.220. The van der Waals surface area contributed by atoms with Crippen LogP contribution in [0.15, 0.2) is 12.3 Å². The van der Waals surface area contributed by atoms with Crippen LogP contribution < -0.4 is 16.5 Å². The molecule has 0 saturated heterocycles. The van der Waals surface area contributed by atoms with E-state index in [4.69, 9.17) is 5.84 Å². The molecule has 5 heteroatoms. The summed E-state index contributed by atoms with van der Waals surface area (Å²) < 4.78 is 13.4. The van der Waals surface area contributed by atoms with Gasteiger partial charge in [0, 0.05) is 12.3 Å². The number of nitrogen functional groups attached to an aromatic ring is 1. The van der Waals surface area contributed by atoms with Gasteiger partial charge in [-0.05, 0) is 5.19 Å². The van der Waals surface area contributed by atoms with E-state index in [0.29, 0.717) is 5.82 Å². The third-order valence-corrected chi connectivity index (χ3v) is 3.79. The predicted octanol–water partition coefficient (Wildman–Crippen LogP) is 1.05. The molecule has 0 aliphatic heterocycles. The monoisotopic (exact) mass is 199 g/mol. The molecule has 0 bridgehead atoms. The van der Waals surface area contributed by atoms with Gasteiger partial charge >= 0.3 is 0 Å². The van der Waals surface area contributed by atoms with Crippen molar-refractivity contribution >= 4 is 19.1 Å². The van der Waals surface area contributed by atoms with Crippen LogP contribution in [0.4, 0.5) is 10.2 Å². The van der Waals surface area contributed by atoms with E-state index in [9.17, 15) is 4.39 Å². The van der Waals surface area contributed by atoms with Crippen molar-refractivity contribution in [3.8, 4) is 0 Å². The molecule has 0 aliphatic carbocycles. The minimum atomic E-state index is -1.62. The average Bonchev–Trinajstić information content (AvgIpc) is 2.01. The Morgan fingerprint density at radius 1 is 1.46 bits per heavy atom. The smallest absolute Gasteiger partial charge is 0.142 e. The Balaban J connectivity index is 3.13. The molecule has 0 aliphatic rings. The molecule has 3 N–H and O–H groups in total. The van der Waals surface area contributed by atoms with E-state index in [1.165, 1.54) is 6.07 Å². The summed E-state index contributed by atoms with van der Waals surface area (Å²) in [5, 5.41) is 0.728. The SMILES string of the molecule is C[Si](C)(C)c1cnc(NN)cc1F. The quantitative estimate of drug-likeness (QED) is 0.425. The Kier molecular flexibility index (Phi) is 2.68. The fourth-order valence-electron chi connectivity index (χ4n) is 1.06. The van der Waals surface area contributed by atoms with Crippen molar-refractivity contribution in [3.05, 3.63) is 18.1 Å². The van der Waals surface area contributed by atoms with Crippen LogP contribution in [0.5, 0.6) is 0 Å². The van der Waals surface area contributed by atoms with Crippen LogP contribution in [-0.4, -0.2) is 13.1 Å². The topological polar surface area (TPSA) is 50.9 Å². The number of nitrogens with zero attached hydrogens (tertiary/aromatic N) is 1. The number of nitrogens with two attached hydrogens (primary N) is 1. The van der Waals surface area contributed by atoms with Gasteiger partial charge < -0.3 is 5.43 Å². The number of pyridine rings is 1. The molecule has 1 aromatic rings. The molecule has 0 unspecified atom stereocenters. The van der Waals surface area contributed by atoms with Crippen molar-refractivity contribution in [3.63, 3.8) is 0 Å². The molecule has 0 radical (unpaired) electrons. The van der Waals surface area contributed by atoms with Crippen LogP contribution in [-0.2, 0) is 0 Å². The highest BCUT2D eigenvalue weighted by molar-refractivity contribution is 6.88. The largest absolute Gasteiger partial charge is 0.308 e. The number of hydrazine groups is 1. The maximum Gasteiger partial charge on any atom is 0.142 e. The highest BCUT2D eigenvalue weighted by Crippen LogP contribution is 2.08. The first-order valence-corrected chi connectivity index (χ1v) is 7.58. The van der Waals surface area contributed by atoms with Gasteiger partial charge in [0.15, 0.2) is 0 Å². The third-order valence-electron chi connectivity index (χ3n) is 1.81. The Bertz CT molecular complexity index is 309. The zero-order valence-electron chi connectivity index (χ0n) is 8.06. The zero-order valence-corrected chi connectivity index (χ0v) is 9.06. The number of halogens is 1. The minimum Gasteiger partial charge on any atom is -0.308 e. The van der Waals surface area contributed by atoms with E-state index in [0.717, 1.165) is 5.19 Å². The van der Waals surface area contributed by atoms with Crippen LogP contribution in [0, 0.1) is 5.82 Å². The lowest BCUT2D eigenvalue weighted by atomic mass is 10.4. The van der Waals surface area contributed by atoms with Crippen molar-refractivity contribution in [1.29, 1.82) is 0 Å². The standard InChI is InChI=1S/C8H14FN3Si/c1-13(2,3)7-5-11-8(12-10)4-6(7)9/h4-5H,10H2,1-3H3,(H,11,12). The summed E-state index contributed by atoms with van der Waals surface area (Å²) in [4.78, 5) is 3.98. The summed E-state index contributed by atoms with van der Waals surface area (Å²) in [5.74, 6) is 5.25. The first kappa shape index (κ1) is 10.1. The van der Waals surface area contributed by atoms with E-state index < -0.39 is 8.07 Å². The first-order chi connectivity index (χ1) is 5.95. The lowest BCUT2D eigenvalue weighted by molar-refractivity contribution is 0.633. The molecular weight excluding hydrogens is 185 g/mol. The molecule has 1 aromatic heterocycles. The second kappa shape index (κ2) is 3.43. The molecule has 1 heterocycles. The number of hydrogen-bond acceptors (Lipinski definition) is 3. The lowest BCUT2D eigenvalue weighted by Crippen LogP contribution is -2.40. The van der Waals surface area contributed by atoms with Crippen molar-refractivity contribution in [2.75, 3.05) is 5.43 Å². The Hall–Kier alpha value is -0.943. The highest BCUT2D eigenvalue weighted by Gasteiger charge is 2.21. The summed E-state index contributed by atoms with van der Waals surface area (Å²) in [5.41, 5.74) is 2.31. The summed E-state index contributed by atoms with van der Waals surface area (Å²) in [6, 6.07) is 1.33. The molecule has 0 aromatic carbocycles. The average molecular weight is 199 g/mol. The van der Waals surface area contributed by atoms with E-state index in [-0.39, 0.29) is 5.82 Å². The fraction of sp³-hybridized carbons (Fsp3) is 0.375. The van der Waals surface area contributed by atoms with Gasteiger partial charge in [0.2, 0.25) is 0 Å². The van der Waals surface area contributed by atoms with Gasteiger partial charge in [-0.3, -0.25) is 0 Å². The van der Waals surface area contributed by atoms with Gasteiger partial charge in [-0.1, -0.05) is 19.6 Å². The highest BCUT2D eigenvalue weighted by atomic mass is 28.3. The Morgan fingerprint density at radius 2 is 2.08 bits per heavy atom. The normalized spacial score (nSPS) is 11.5. The molecule has 0 fully saturated rings. The molecule has 0 saturated carbocycles. The number of nitrogens with one attached hydrogen (secondary N) is 1. The molecule has 72 valence electrons. The molecule has 13 heavy (non-hydrogen) atoms. The van der Waals surface area contributed by atoms with Crippen LogP contribution >= 0.6 is 0 Å². The van der Waals surface area contributed by atoms with Crippen molar-refractivity contribution < 1.29 is 4.39 Å². The summed E-state index contributed by atoms with van der Waals surface area (Å²) >= 11 is 0. The van der Waals surface area contributed by atoms with Crippen molar-refractivity contribution in [2.45, 2.75) is 19.6 Å². The molecule has 3 nitrogen and oxygen atoms in total.